The second-order valence-corrected chi connectivity index (χ2v) is 12.7. The van der Waals surface area contributed by atoms with Gasteiger partial charge in [-0.3, -0.25) is 20.2 Å². The first-order valence-corrected chi connectivity index (χ1v) is 14.9. The molecule has 4 aromatic carbocycles. The van der Waals surface area contributed by atoms with Crippen molar-refractivity contribution in [2.24, 2.45) is 5.92 Å². The van der Waals surface area contributed by atoms with Crippen LogP contribution in [0.5, 0.6) is 23.0 Å². The van der Waals surface area contributed by atoms with Gasteiger partial charge < -0.3 is 9.47 Å². The lowest BCUT2D eigenvalue weighted by Crippen LogP contribution is -2.37. The first kappa shape index (κ1) is 30.7. The zero-order valence-electron chi connectivity index (χ0n) is 25.8. The van der Waals surface area contributed by atoms with Gasteiger partial charge in [0.05, 0.1) is 22.0 Å². The smallest absolute Gasteiger partial charge is 0.273 e. The van der Waals surface area contributed by atoms with Gasteiger partial charge in [-0.05, 0) is 103 Å². The largest absolute Gasteiger partial charge is 0.457 e. The lowest BCUT2D eigenvalue weighted by molar-refractivity contribution is -0.385. The Morgan fingerprint density at radius 1 is 0.727 bits per heavy atom. The van der Waals surface area contributed by atoms with E-state index in [9.17, 15) is 20.2 Å². The van der Waals surface area contributed by atoms with E-state index < -0.39 is 9.85 Å². The molecule has 0 aliphatic heterocycles. The summed E-state index contributed by atoms with van der Waals surface area (Å²) in [5, 5.41) is 22.3. The lowest BCUT2D eigenvalue weighted by Gasteiger charge is -2.44. The first-order valence-electron chi connectivity index (χ1n) is 14.9. The van der Waals surface area contributed by atoms with Gasteiger partial charge in [0.25, 0.3) is 11.4 Å². The second-order valence-electron chi connectivity index (χ2n) is 12.7. The monoisotopic (exact) mass is 594 g/mol. The van der Waals surface area contributed by atoms with Gasteiger partial charge in [-0.15, -0.1) is 0 Å². The number of nitrogens with zero attached hydrogens (tertiary/aromatic N) is 2. The second kappa shape index (κ2) is 12.1. The van der Waals surface area contributed by atoms with Crippen molar-refractivity contribution < 1.29 is 19.3 Å². The predicted molar refractivity (Wildman–Crippen MR) is 171 cm³/mol. The maximum atomic E-state index is 11.1. The average molecular weight is 595 g/mol. The topological polar surface area (TPSA) is 105 Å². The van der Waals surface area contributed by atoms with Gasteiger partial charge in [0.15, 0.2) is 0 Å². The molecule has 8 heteroatoms. The molecule has 228 valence electrons. The quantitative estimate of drug-likeness (QED) is 0.141. The van der Waals surface area contributed by atoms with Gasteiger partial charge in [0, 0.05) is 12.1 Å². The van der Waals surface area contributed by atoms with E-state index in [1.54, 1.807) is 24.3 Å². The molecule has 0 radical (unpaired) electrons. The number of ether oxygens (including phenoxy) is 2. The van der Waals surface area contributed by atoms with E-state index in [-0.39, 0.29) is 22.2 Å². The van der Waals surface area contributed by atoms with Crippen LogP contribution in [-0.2, 0) is 10.8 Å². The van der Waals surface area contributed by atoms with Crippen LogP contribution in [-0.4, -0.2) is 9.85 Å². The molecule has 0 heterocycles. The van der Waals surface area contributed by atoms with Crippen molar-refractivity contribution in [1.29, 1.82) is 0 Å². The molecule has 44 heavy (non-hydrogen) atoms. The summed E-state index contributed by atoms with van der Waals surface area (Å²) in [6.07, 6.45) is 4.33. The van der Waals surface area contributed by atoms with Crippen molar-refractivity contribution in [3.8, 4) is 23.0 Å². The van der Waals surface area contributed by atoms with Gasteiger partial charge in [-0.25, -0.2) is 0 Å². The van der Waals surface area contributed by atoms with Gasteiger partial charge in [0.2, 0.25) is 0 Å². The summed E-state index contributed by atoms with van der Waals surface area (Å²) < 4.78 is 12.0. The van der Waals surface area contributed by atoms with Crippen molar-refractivity contribution in [3.63, 3.8) is 0 Å². The lowest BCUT2D eigenvalue weighted by atomic mass is 9.60. The van der Waals surface area contributed by atoms with Gasteiger partial charge in [-0.1, -0.05) is 57.2 Å². The number of aryl methyl sites for hydroxylation is 2. The van der Waals surface area contributed by atoms with Crippen LogP contribution in [0.15, 0.2) is 84.9 Å². The van der Waals surface area contributed by atoms with E-state index in [1.807, 2.05) is 26.0 Å². The first-order chi connectivity index (χ1) is 20.9. The van der Waals surface area contributed by atoms with E-state index in [0.717, 1.165) is 36.8 Å². The van der Waals surface area contributed by atoms with Crippen molar-refractivity contribution >= 4 is 11.4 Å². The molecule has 0 saturated heterocycles. The number of rotatable bonds is 9. The zero-order valence-corrected chi connectivity index (χ0v) is 25.8. The molecule has 5 rings (SSSR count). The van der Waals surface area contributed by atoms with Gasteiger partial charge >= 0.3 is 0 Å². The number of non-ortho nitro benzene ring substituents is 2. The van der Waals surface area contributed by atoms with Crippen LogP contribution in [0.4, 0.5) is 11.4 Å². The molecule has 0 bridgehead atoms. The molecular weight excluding hydrogens is 556 g/mol. The van der Waals surface area contributed by atoms with Crippen LogP contribution in [0, 0.1) is 40.0 Å². The van der Waals surface area contributed by atoms with Gasteiger partial charge in [0.1, 0.15) is 23.0 Å². The number of nitro groups is 2. The maximum Gasteiger partial charge on any atom is 0.273 e. The molecular formula is C36H38N2O6. The van der Waals surface area contributed by atoms with Crippen molar-refractivity contribution in [2.75, 3.05) is 0 Å². The van der Waals surface area contributed by atoms with E-state index in [1.165, 1.54) is 35.4 Å². The molecule has 8 nitrogen and oxygen atoms in total. The minimum absolute atomic E-state index is 0.00196. The fourth-order valence-electron chi connectivity index (χ4n) is 6.38. The van der Waals surface area contributed by atoms with Crippen LogP contribution in [0.1, 0.15) is 68.7 Å². The minimum atomic E-state index is -0.422. The number of benzene rings is 4. The van der Waals surface area contributed by atoms with E-state index in [2.05, 4.69) is 45.0 Å². The molecule has 1 aliphatic carbocycles. The molecule has 1 saturated carbocycles. The molecule has 1 fully saturated rings. The van der Waals surface area contributed by atoms with Crippen LogP contribution >= 0.6 is 0 Å². The Hall–Kier alpha value is -4.72. The Morgan fingerprint density at radius 2 is 1.23 bits per heavy atom. The highest BCUT2D eigenvalue weighted by atomic mass is 16.6. The average Bonchev–Trinajstić information content (AvgIpc) is 2.99. The normalized spacial score (nSPS) is 18.4. The summed E-state index contributed by atoms with van der Waals surface area (Å²) in [6.45, 7) is 11.0. The predicted octanol–water partition coefficient (Wildman–Crippen LogP) is 10.1. The molecule has 4 aromatic rings. The summed E-state index contributed by atoms with van der Waals surface area (Å²) in [4.78, 5) is 21.4. The molecule has 0 amide bonds. The van der Waals surface area contributed by atoms with Crippen molar-refractivity contribution in [1.82, 2.24) is 0 Å². The third-order valence-corrected chi connectivity index (χ3v) is 9.41. The standard InChI is InChI=1S/C36H38N2O6/c1-24-20-27(12-14-33(24)43-31-10-6-8-29(22-31)37(39)40)35(3,4)26-16-18-36(5,19-17-26)28-13-15-34(25(2)21-28)44-32-11-7-9-30(23-32)38(41)42/h6-15,20-23,26H,16-19H2,1-5H3. The van der Waals surface area contributed by atoms with Crippen molar-refractivity contribution in [2.45, 2.75) is 71.1 Å². The maximum absolute atomic E-state index is 11.1. The third-order valence-electron chi connectivity index (χ3n) is 9.41. The van der Waals surface area contributed by atoms with Crippen LogP contribution in [0.2, 0.25) is 0 Å². The molecule has 0 N–H and O–H groups in total. The Labute approximate surface area is 258 Å². The van der Waals surface area contributed by atoms with Gasteiger partial charge in [-0.2, -0.15) is 0 Å². The van der Waals surface area contributed by atoms with E-state index in [4.69, 9.17) is 9.47 Å². The highest BCUT2D eigenvalue weighted by Crippen LogP contribution is 2.49. The van der Waals surface area contributed by atoms with E-state index >= 15 is 0 Å². The minimum Gasteiger partial charge on any atom is -0.457 e. The molecule has 0 atom stereocenters. The molecule has 0 aromatic heterocycles. The number of hydrogen-bond donors (Lipinski definition) is 0. The van der Waals surface area contributed by atoms with Crippen molar-refractivity contribution in [3.05, 3.63) is 127 Å². The molecule has 0 unspecified atom stereocenters. The Kier molecular flexibility index (Phi) is 8.46. The van der Waals surface area contributed by atoms with Crippen LogP contribution < -0.4 is 9.47 Å². The summed E-state index contributed by atoms with van der Waals surface area (Å²) in [5.41, 5.74) is 4.55. The SMILES string of the molecule is Cc1cc(C2(C)CCC(C(C)(C)c3ccc(Oc4cccc([N+](=O)[O-])c4)c(C)c3)CC2)ccc1Oc1cccc([N+](=O)[O-])c1. The molecule has 0 spiro atoms. The summed E-state index contributed by atoms with van der Waals surface area (Å²) in [5.74, 6) is 2.79. The Morgan fingerprint density at radius 3 is 1.70 bits per heavy atom. The summed E-state index contributed by atoms with van der Waals surface area (Å²) >= 11 is 0. The Bertz CT molecular complexity index is 1700. The number of hydrogen-bond acceptors (Lipinski definition) is 6. The highest BCUT2D eigenvalue weighted by Gasteiger charge is 2.39. The number of nitro benzene ring substituents is 2. The molecule has 1 aliphatic rings. The highest BCUT2D eigenvalue weighted by molar-refractivity contribution is 5.46. The fraction of sp³-hybridized carbons (Fsp3) is 0.333. The Balaban J connectivity index is 1.25. The third kappa shape index (κ3) is 6.44. The van der Waals surface area contributed by atoms with Crippen LogP contribution in [0.25, 0.3) is 0 Å². The zero-order chi connectivity index (χ0) is 31.6. The van der Waals surface area contributed by atoms with Crippen LogP contribution in [0.3, 0.4) is 0 Å². The van der Waals surface area contributed by atoms with E-state index in [0.29, 0.717) is 28.9 Å². The summed E-state index contributed by atoms with van der Waals surface area (Å²) in [6, 6.07) is 25.1. The summed E-state index contributed by atoms with van der Waals surface area (Å²) in [7, 11) is 0. The fourth-order valence-corrected chi connectivity index (χ4v) is 6.38.